The third-order valence-corrected chi connectivity index (χ3v) is 8.51. The third-order valence-electron chi connectivity index (χ3n) is 6.61. The zero-order valence-electron chi connectivity index (χ0n) is 16.2. The molecule has 1 aromatic carbocycles. The van der Waals surface area contributed by atoms with E-state index in [0.717, 1.165) is 17.5 Å². The molecule has 4 rings (SSSR count). The van der Waals surface area contributed by atoms with Crippen LogP contribution in [-0.4, -0.2) is 50.3 Å². The van der Waals surface area contributed by atoms with E-state index in [0.29, 0.717) is 35.9 Å². The molecule has 148 valence electrons. The summed E-state index contributed by atoms with van der Waals surface area (Å²) in [7, 11) is -0.370. The van der Waals surface area contributed by atoms with Crippen molar-refractivity contribution in [3.8, 4) is 0 Å². The Morgan fingerprint density at radius 3 is 2.67 bits per heavy atom. The number of carbonyl (C=O) groups is 1. The number of hydrogen-bond donors (Lipinski definition) is 1. The molecule has 6 nitrogen and oxygen atoms in total. The van der Waals surface area contributed by atoms with E-state index in [9.17, 15) is 13.2 Å². The van der Waals surface area contributed by atoms with Crippen LogP contribution in [-0.2, 0) is 23.0 Å². The Labute approximate surface area is 162 Å². The Morgan fingerprint density at radius 2 is 1.96 bits per heavy atom. The summed E-state index contributed by atoms with van der Waals surface area (Å²) in [6, 6.07) is 5.69. The molecule has 1 atom stereocenters. The smallest absolute Gasteiger partial charge is 0.317 e. The van der Waals surface area contributed by atoms with Crippen molar-refractivity contribution in [3.05, 3.63) is 29.3 Å². The molecule has 0 radical (unpaired) electrons. The van der Waals surface area contributed by atoms with Crippen LogP contribution in [0, 0.1) is 5.41 Å². The van der Waals surface area contributed by atoms with Gasteiger partial charge < -0.3 is 10.2 Å². The van der Waals surface area contributed by atoms with Crippen molar-refractivity contribution in [1.82, 2.24) is 14.5 Å². The first-order chi connectivity index (χ1) is 12.8. The zero-order chi connectivity index (χ0) is 19.2. The number of rotatable bonds is 3. The predicted molar refractivity (Wildman–Crippen MR) is 104 cm³/mol. The summed E-state index contributed by atoms with van der Waals surface area (Å²) in [5.74, 6) is 0. The first-order valence-corrected chi connectivity index (χ1v) is 11.4. The molecule has 27 heavy (non-hydrogen) atoms. The van der Waals surface area contributed by atoms with Crippen LogP contribution in [0.1, 0.15) is 49.7 Å². The van der Waals surface area contributed by atoms with Gasteiger partial charge in [0.2, 0.25) is 10.0 Å². The van der Waals surface area contributed by atoms with Crippen LogP contribution in [0.4, 0.5) is 4.79 Å². The molecule has 7 heteroatoms. The fourth-order valence-corrected chi connectivity index (χ4v) is 5.98. The Morgan fingerprint density at radius 1 is 1.22 bits per heavy atom. The van der Waals surface area contributed by atoms with Crippen molar-refractivity contribution in [2.75, 3.05) is 20.6 Å². The molecular formula is C20H29N3O3S. The molecule has 1 unspecified atom stereocenters. The molecule has 2 saturated carbocycles. The molecule has 1 aromatic rings. The van der Waals surface area contributed by atoms with E-state index >= 15 is 0 Å². The number of benzene rings is 1. The van der Waals surface area contributed by atoms with Crippen LogP contribution < -0.4 is 5.32 Å². The van der Waals surface area contributed by atoms with E-state index in [1.54, 1.807) is 26.2 Å². The largest absolute Gasteiger partial charge is 0.335 e. The minimum atomic E-state index is -3.47. The molecular weight excluding hydrogens is 362 g/mol. The summed E-state index contributed by atoms with van der Waals surface area (Å²) in [6.45, 7) is 1.02. The Bertz CT molecular complexity index is 844. The lowest BCUT2D eigenvalue weighted by Gasteiger charge is -2.31. The van der Waals surface area contributed by atoms with E-state index in [2.05, 4.69) is 5.32 Å². The quantitative estimate of drug-likeness (QED) is 0.861. The van der Waals surface area contributed by atoms with Crippen molar-refractivity contribution in [3.63, 3.8) is 0 Å². The summed E-state index contributed by atoms with van der Waals surface area (Å²) in [5.41, 5.74) is 2.15. The van der Waals surface area contributed by atoms with Gasteiger partial charge in [0.25, 0.3) is 0 Å². The van der Waals surface area contributed by atoms with Crippen molar-refractivity contribution < 1.29 is 13.2 Å². The topological polar surface area (TPSA) is 69.7 Å². The Hall–Kier alpha value is -1.60. The van der Waals surface area contributed by atoms with Gasteiger partial charge in [-0.2, -0.15) is 0 Å². The molecule has 1 heterocycles. The van der Waals surface area contributed by atoms with Crippen LogP contribution in [0.2, 0.25) is 0 Å². The maximum absolute atomic E-state index is 12.8. The van der Waals surface area contributed by atoms with E-state index in [1.807, 2.05) is 11.0 Å². The molecule has 1 N–H and O–H groups in total. The number of nitrogens with zero attached hydrogens (tertiary/aromatic N) is 2. The van der Waals surface area contributed by atoms with Crippen LogP contribution >= 0.6 is 0 Å². The molecule has 0 aromatic heterocycles. The molecule has 3 aliphatic rings. The summed E-state index contributed by atoms with van der Waals surface area (Å²) in [6.07, 6.45) is 8.07. The number of amides is 2. The second kappa shape index (κ2) is 6.78. The first kappa shape index (κ1) is 18.7. The monoisotopic (exact) mass is 391 g/mol. The highest BCUT2D eigenvalue weighted by atomic mass is 32.2. The van der Waals surface area contributed by atoms with Crippen LogP contribution in [0.3, 0.4) is 0 Å². The van der Waals surface area contributed by atoms with Crippen LogP contribution in [0.15, 0.2) is 23.1 Å². The first-order valence-electron chi connectivity index (χ1n) is 9.92. The number of fused-ring (bicyclic) bond motifs is 1. The molecule has 1 spiro atoms. The van der Waals surface area contributed by atoms with Gasteiger partial charge in [-0.05, 0) is 48.3 Å². The number of urea groups is 1. The van der Waals surface area contributed by atoms with Crippen LogP contribution in [0.25, 0.3) is 0 Å². The highest BCUT2D eigenvalue weighted by molar-refractivity contribution is 7.89. The molecule has 2 aliphatic carbocycles. The van der Waals surface area contributed by atoms with Gasteiger partial charge >= 0.3 is 6.03 Å². The fourth-order valence-electron chi connectivity index (χ4n) is 4.79. The lowest BCUT2D eigenvalue weighted by atomic mass is 9.86. The number of hydrogen-bond acceptors (Lipinski definition) is 3. The lowest BCUT2D eigenvalue weighted by Crippen LogP contribution is -2.45. The fraction of sp³-hybridized carbons (Fsp3) is 0.650. The average Bonchev–Trinajstić information content (AvgIpc) is 3.31. The maximum Gasteiger partial charge on any atom is 0.317 e. The van der Waals surface area contributed by atoms with Gasteiger partial charge in [-0.15, -0.1) is 0 Å². The van der Waals surface area contributed by atoms with Gasteiger partial charge in [-0.3, -0.25) is 0 Å². The summed E-state index contributed by atoms with van der Waals surface area (Å²) < 4.78 is 26.4. The average molecular weight is 392 g/mol. The van der Waals surface area contributed by atoms with Gasteiger partial charge in [0.15, 0.2) is 0 Å². The number of carbonyl (C=O) groups excluding carboxylic acids is 1. The minimum Gasteiger partial charge on any atom is -0.335 e. The van der Waals surface area contributed by atoms with Gasteiger partial charge in [-0.1, -0.05) is 31.4 Å². The molecule has 2 amide bonds. The SMILES string of the molecule is CN(C)S(=O)(=O)c1cccc2c1CCN(C(=O)NC1CC13CCCCC3)C2. The minimum absolute atomic E-state index is 0.00558. The van der Waals surface area contributed by atoms with E-state index < -0.39 is 10.0 Å². The van der Waals surface area contributed by atoms with E-state index in [1.165, 1.54) is 36.4 Å². The predicted octanol–water partition coefficient (Wildman–Crippen LogP) is 2.73. The summed E-state index contributed by atoms with van der Waals surface area (Å²) >= 11 is 0. The van der Waals surface area contributed by atoms with Gasteiger partial charge in [0.05, 0.1) is 4.90 Å². The van der Waals surface area contributed by atoms with Crippen molar-refractivity contribution >= 4 is 16.1 Å². The van der Waals surface area contributed by atoms with E-state index in [-0.39, 0.29) is 6.03 Å². The maximum atomic E-state index is 12.8. The number of sulfonamides is 1. The molecule has 2 fully saturated rings. The second-order valence-corrected chi connectivity index (χ2v) is 10.6. The van der Waals surface area contributed by atoms with Crippen molar-refractivity contribution in [1.29, 1.82) is 0 Å². The Balaban J connectivity index is 1.45. The Kier molecular flexibility index (Phi) is 4.71. The molecule has 1 aliphatic heterocycles. The summed E-state index contributed by atoms with van der Waals surface area (Å²) in [4.78, 5) is 15.0. The van der Waals surface area contributed by atoms with Gasteiger partial charge in [0.1, 0.15) is 0 Å². The standard InChI is InChI=1S/C20H29N3O3S/c1-22(2)27(25,26)17-8-6-7-15-14-23(12-9-16(15)17)19(24)21-18-13-20(18)10-4-3-5-11-20/h6-8,18H,3-5,9-14H2,1-2H3,(H,21,24). The van der Waals surface area contributed by atoms with Crippen LogP contribution in [0.5, 0.6) is 0 Å². The third kappa shape index (κ3) is 3.36. The molecule has 0 saturated heterocycles. The second-order valence-electron chi connectivity index (χ2n) is 8.48. The zero-order valence-corrected chi connectivity index (χ0v) is 17.0. The van der Waals surface area contributed by atoms with E-state index in [4.69, 9.17) is 0 Å². The highest BCUT2D eigenvalue weighted by Gasteiger charge is 2.54. The highest BCUT2D eigenvalue weighted by Crippen LogP contribution is 2.56. The summed E-state index contributed by atoms with van der Waals surface area (Å²) in [5, 5.41) is 3.24. The van der Waals surface area contributed by atoms with Crippen molar-refractivity contribution in [2.45, 2.75) is 62.4 Å². The normalized spacial score (nSPS) is 24.0. The molecule has 0 bridgehead atoms. The van der Waals surface area contributed by atoms with Gasteiger partial charge in [-0.25, -0.2) is 17.5 Å². The lowest BCUT2D eigenvalue weighted by molar-refractivity contribution is 0.188. The van der Waals surface area contributed by atoms with Crippen molar-refractivity contribution in [2.24, 2.45) is 5.41 Å². The van der Waals surface area contributed by atoms with Gasteiger partial charge in [0, 0.05) is 33.2 Å². The number of nitrogens with one attached hydrogen (secondary N) is 1.